The lowest BCUT2D eigenvalue weighted by atomic mass is 9.95. The van der Waals surface area contributed by atoms with Crippen LogP contribution in [0.2, 0.25) is 0 Å². The summed E-state index contributed by atoms with van der Waals surface area (Å²) in [5.74, 6) is 0. The van der Waals surface area contributed by atoms with E-state index in [2.05, 4.69) is 4.98 Å². The van der Waals surface area contributed by atoms with Gasteiger partial charge in [-0.2, -0.15) is 0 Å². The number of para-hydroxylation sites is 1. The summed E-state index contributed by atoms with van der Waals surface area (Å²) in [5, 5.41) is 0. The Morgan fingerprint density at radius 1 is 1.50 bits per heavy atom. The number of benzene rings is 1. The summed E-state index contributed by atoms with van der Waals surface area (Å²) in [6.45, 7) is 0. The van der Waals surface area contributed by atoms with Crippen LogP contribution in [-0.2, 0) is 7.05 Å². The number of hydrogen-bond donors (Lipinski definition) is 1. The van der Waals surface area contributed by atoms with Crippen molar-refractivity contribution < 1.29 is 0 Å². The minimum Gasteiger partial charge on any atom is -0.306 e. The van der Waals surface area contributed by atoms with Gasteiger partial charge in [0.05, 0.1) is 11.0 Å². The molecule has 0 aliphatic heterocycles. The molecule has 0 fully saturated rings. The van der Waals surface area contributed by atoms with Crippen molar-refractivity contribution in [2.45, 2.75) is 0 Å². The predicted octanol–water partition coefficient (Wildman–Crippen LogP) is -0.340. The van der Waals surface area contributed by atoms with Gasteiger partial charge >= 0.3 is 5.69 Å². The number of nitrogens with zero attached hydrogens (tertiary/aromatic N) is 1. The van der Waals surface area contributed by atoms with E-state index in [-0.39, 0.29) is 5.69 Å². The quantitative estimate of drug-likeness (QED) is 0.523. The van der Waals surface area contributed by atoms with Gasteiger partial charge in [0.15, 0.2) is 0 Å². The molecule has 0 aliphatic carbocycles. The molecule has 1 aromatic carbocycles. The average molecular weight is 158 g/mol. The van der Waals surface area contributed by atoms with E-state index in [1.54, 1.807) is 13.1 Å². The van der Waals surface area contributed by atoms with E-state index in [1.807, 2.05) is 12.1 Å². The Bertz CT molecular complexity index is 483. The molecule has 1 heterocycles. The van der Waals surface area contributed by atoms with Crippen molar-refractivity contribution in [2.75, 3.05) is 0 Å². The summed E-state index contributed by atoms with van der Waals surface area (Å²) >= 11 is 0. The van der Waals surface area contributed by atoms with Crippen LogP contribution >= 0.6 is 0 Å². The van der Waals surface area contributed by atoms with Gasteiger partial charge in [-0.3, -0.25) is 4.57 Å². The Morgan fingerprint density at radius 3 is 2.92 bits per heavy atom. The van der Waals surface area contributed by atoms with Crippen LogP contribution in [0, 0.1) is 0 Å². The third-order valence-corrected chi connectivity index (χ3v) is 1.95. The van der Waals surface area contributed by atoms with Gasteiger partial charge in [0.2, 0.25) is 0 Å². The second kappa shape index (κ2) is 2.27. The third-order valence-electron chi connectivity index (χ3n) is 1.95. The highest BCUT2D eigenvalue weighted by Gasteiger charge is 2.02. The number of fused-ring (bicyclic) bond motifs is 1. The van der Waals surface area contributed by atoms with Gasteiger partial charge in [-0.05, 0) is 6.07 Å². The molecule has 1 aromatic heterocycles. The number of aromatic nitrogens is 2. The summed E-state index contributed by atoms with van der Waals surface area (Å²) in [6, 6.07) is 5.41. The minimum absolute atomic E-state index is 0.136. The van der Waals surface area contributed by atoms with Crippen LogP contribution in [0.5, 0.6) is 0 Å². The highest BCUT2D eigenvalue weighted by atomic mass is 16.1. The number of aryl methyl sites for hydroxylation is 1. The van der Waals surface area contributed by atoms with Gasteiger partial charge in [-0.1, -0.05) is 17.6 Å². The van der Waals surface area contributed by atoms with Gasteiger partial charge in [0.1, 0.15) is 7.85 Å². The van der Waals surface area contributed by atoms with Crippen LogP contribution in [0.1, 0.15) is 0 Å². The molecule has 2 aromatic rings. The molecule has 0 bridgehead atoms. The Morgan fingerprint density at radius 2 is 2.25 bits per heavy atom. The van der Waals surface area contributed by atoms with Crippen molar-refractivity contribution in [1.29, 1.82) is 0 Å². The minimum atomic E-state index is -0.136. The van der Waals surface area contributed by atoms with E-state index < -0.39 is 0 Å². The first-order chi connectivity index (χ1) is 5.70. The molecule has 1 N–H and O–H groups in total. The maximum atomic E-state index is 11.1. The van der Waals surface area contributed by atoms with E-state index in [0.29, 0.717) is 5.46 Å². The maximum Gasteiger partial charge on any atom is 0.326 e. The SMILES string of the molecule is [B]c1cccc2[nH]c(=O)n(C)c12. The van der Waals surface area contributed by atoms with Gasteiger partial charge in [0.25, 0.3) is 0 Å². The van der Waals surface area contributed by atoms with E-state index in [9.17, 15) is 4.79 Å². The Kier molecular flexibility index (Phi) is 1.36. The van der Waals surface area contributed by atoms with Crippen molar-refractivity contribution in [2.24, 2.45) is 7.05 Å². The van der Waals surface area contributed by atoms with Gasteiger partial charge in [-0.25, -0.2) is 4.79 Å². The summed E-state index contributed by atoms with van der Waals surface area (Å²) < 4.78 is 1.50. The molecule has 0 amide bonds. The third kappa shape index (κ3) is 0.810. The van der Waals surface area contributed by atoms with Crippen LogP contribution in [-0.4, -0.2) is 17.4 Å². The van der Waals surface area contributed by atoms with Crippen molar-refractivity contribution in [3.63, 3.8) is 0 Å². The average Bonchev–Trinajstić information content (AvgIpc) is 2.29. The molecule has 0 atom stereocenters. The topological polar surface area (TPSA) is 37.8 Å². The molecule has 0 spiro atoms. The number of H-pyrrole nitrogens is 1. The number of hydrogen-bond acceptors (Lipinski definition) is 1. The van der Waals surface area contributed by atoms with Crippen LogP contribution in [0.3, 0.4) is 0 Å². The number of rotatable bonds is 0. The molecule has 0 unspecified atom stereocenters. The number of nitrogens with one attached hydrogen (secondary N) is 1. The largest absolute Gasteiger partial charge is 0.326 e. The molecule has 0 saturated heterocycles. The molecule has 2 rings (SSSR count). The fourth-order valence-corrected chi connectivity index (χ4v) is 1.34. The van der Waals surface area contributed by atoms with E-state index in [1.165, 1.54) is 4.57 Å². The standard InChI is InChI=1S/C8H7BN2O/c1-11-7-5(9)3-2-4-6(7)10-8(11)12/h2-4H,1H3,(H,10,12). The second-order valence-electron chi connectivity index (χ2n) is 2.73. The van der Waals surface area contributed by atoms with Gasteiger partial charge in [-0.15, -0.1) is 0 Å². The molecular weight excluding hydrogens is 151 g/mol. The normalized spacial score (nSPS) is 10.8. The summed E-state index contributed by atoms with van der Waals surface area (Å²) in [6.07, 6.45) is 0. The van der Waals surface area contributed by atoms with Crippen molar-refractivity contribution in [3.05, 3.63) is 28.7 Å². The van der Waals surface area contributed by atoms with Crippen LogP contribution < -0.4 is 11.2 Å². The summed E-state index contributed by atoms with van der Waals surface area (Å²) in [5.41, 5.74) is 2.03. The summed E-state index contributed by atoms with van der Waals surface area (Å²) in [4.78, 5) is 13.8. The molecule has 12 heavy (non-hydrogen) atoms. The predicted molar refractivity (Wildman–Crippen MR) is 48.9 cm³/mol. The molecule has 2 radical (unpaired) electrons. The first-order valence-electron chi connectivity index (χ1n) is 3.63. The molecular formula is C8H7BN2O. The van der Waals surface area contributed by atoms with Crippen LogP contribution in [0.15, 0.2) is 23.0 Å². The van der Waals surface area contributed by atoms with E-state index >= 15 is 0 Å². The van der Waals surface area contributed by atoms with Crippen LogP contribution in [0.25, 0.3) is 11.0 Å². The first-order valence-corrected chi connectivity index (χ1v) is 3.63. The zero-order valence-electron chi connectivity index (χ0n) is 6.66. The fourth-order valence-electron chi connectivity index (χ4n) is 1.34. The van der Waals surface area contributed by atoms with Crippen molar-refractivity contribution >= 4 is 24.3 Å². The lowest BCUT2D eigenvalue weighted by Gasteiger charge is -1.97. The Labute approximate surface area is 70.4 Å². The highest BCUT2D eigenvalue weighted by molar-refractivity contribution is 6.38. The molecule has 0 saturated carbocycles. The Balaban J connectivity index is 3.07. The number of aromatic amines is 1. The lowest BCUT2D eigenvalue weighted by molar-refractivity contribution is 0.893. The first kappa shape index (κ1) is 7.22. The van der Waals surface area contributed by atoms with Crippen molar-refractivity contribution in [3.8, 4) is 0 Å². The van der Waals surface area contributed by atoms with E-state index in [4.69, 9.17) is 7.85 Å². The van der Waals surface area contributed by atoms with Crippen LogP contribution in [0.4, 0.5) is 0 Å². The Hall–Kier alpha value is -1.45. The molecule has 4 heteroatoms. The zero-order valence-corrected chi connectivity index (χ0v) is 6.66. The monoisotopic (exact) mass is 158 g/mol. The van der Waals surface area contributed by atoms with Gasteiger partial charge in [0, 0.05) is 7.05 Å². The van der Waals surface area contributed by atoms with Crippen molar-refractivity contribution in [1.82, 2.24) is 9.55 Å². The maximum absolute atomic E-state index is 11.1. The molecule has 3 nitrogen and oxygen atoms in total. The highest BCUT2D eigenvalue weighted by Crippen LogP contribution is 2.03. The van der Waals surface area contributed by atoms with Gasteiger partial charge < -0.3 is 4.98 Å². The summed E-state index contributed by atoms with van der Waals surface area (Å²) in [7, 11) is 7.38. The second-order valence-corrected chi connectivity index (χ2v) is 2.73. The smallest absolute Gasteiger partial charge is 0.306 e. The number of imidazole rings is 1. The lowest BCUT2D eigenvalue weighted by Crippen LogP contribution is -2.15. The van der Waals surface area contributed by atoms with E-state index in [0.717, 1.165) is 11.0 Å². The molecule has 58 valence electrons. The fraction of sp³-hybridized carbons (Fsp3) is 0.125. The molecule has 0 aliphatic rings. The zero-order chi connectivity index (χ0) is 8.72.